The van der Waals surface area contributed by atoms with Gasteiger partial charge in [-0.3, -0.25) is 9.48 Å². The molecule has 0 radical (unpaired) electrons. The van der Waals surface area contributed by atoms with Gasteiger partial charge < -0.3 is 15.7 Å². The van der Waals surface area contributed by atoms with E-state index in [0.29, 0.717) is 11.6 Å². The lowest BCUT2D eigenvalue weighted by Crippen LogP contribution is -2.40. The third kappa shape index (κ3) is 4.77. The Kier molecular flexibility index (Phi) is 5.19. The number of carbonyl (C=O) groups is 2. The standard InChI is InChI=1S/C14H22N4O3/c1-2-10-4-3-5-11(6-10)16-14(21)17-12-7-15-18(8-12)9-13(19)20/h7-8,10-11H,2-6,9H2,1H3,(H,19,20)(H2,16,17,21). The minimum Gasteiger partial charge on any atom is -0.480 e. The van der Waals surface area contributed by atoms with Crippen LogP contribution in [0.15, 0.2) is 12.4 Å². The van der Waals surface area contributed by atoms with Gasteiger partial charge in [-0.2, -0.15) is 5.10 Å². The zero-order chi connectivity index (χ0) is 15.2. The Morgan fingerprint density at radius 1 is 1.48 bits per heavy atom. The fraction of sp³-hybridized carbons (Fsp3) is 0.643. The van der Waals surface area contributed by atoms with E-state index in [1.165, 1.54) is 23.5 Å². The topological polar surface area (TPSA) is 96.3 Å². The smallest absolute Gasteiger partial charge is 0.325 e. The molecule has 2 amide bonds. The molecule has 0 aliphatic heterocycles. The van der Waals surface area contributed by atoms with Crippen LogP contribution in [-0.4, -0.2) is 32.9 Å². The minimum atomic E-state index is -0.970. The summed E-state index contributed by atoms with van der Waals surface area (Å²) >= 11 is 0. The van der Waals surface area contributed by atoms with Gasteiger partial charge in [-0.1, -0.05) is 26.2 Å². The van der Waals surface area contributed by atoms with Crippen LogP contribution in [0.1, 0.15) is 39.0 Å². The van der Waals surface area contributed by atoms with Gasteiger partial charge >= 0.3 is 12.0 Å². The molecule has 1 aromatic heterocycles. The van der Waals surface area contributed by atoms with Crippen molar-refractivity contribution in [3.05, 3.63) is 12.4 Å². The lowest BCUT2D eigenvalue weighted by atomic mass is 9.84. The zero-order valence-corrected chi connectivity index (χ0v) is 12.2. The van der Waals surface area contributed by atoms with Crippen molar-refractivity contribution < 1.29 is 14.7 Å². The highest BCUT2D eigenvalue weighted by atomic mass is 16.4. The fourth-order valence-electron chi connectivity index (χ4n) is 2.80. The number of hydrogen-bond donors (Lipinski definition) is 3. The van der Waals surface area contributed by atoms with Crippen molar-refractivity contribution in [2.24, 2.45) is 5.92 Å². The SMILES string of the molecule is CCC1CCCC(NC(=O)Nc2cnn(CC(=O)O)c2)C1. The number of anilines is 1. The molecular formula is C14H22N4O3. The molecule has 2 atom stereocenters. The second kappa shape index (κ2) is 7.10. The Morgan fingerprint density at radius 3 is 3.00 bits per heavy atom. The normalized spacial score (nSPS) is 21.8. The number of carbonyl (C=O) groups excluding carboxylic acids is 1. The molecule has 21 heavy (non-hydrogen) atoms. The molecule has 2 unspecified atom stereocenters. The molecule has 2 rings (SSSR count). The number of carboxylic acid groups (broad SMARTS) is 1. The molecule has 1 heterocycles. The molecule has 0 aromatic carbocycles. The van der Waals surface area contributed by atoms with Crippen LogP contribution in [0.3, 0.4) is 0 Å². The first-order valence-corrected chi connectivity index (χ1v) is 7.38. The van der Waals surface area contributed by atoms with E-state index < -0.39 is 5.97 Å². The molecule has 1 fully saturated rings. The number of aliphatic carboxylic acids is 1. The van der Waals surface area contributed by atoms with E-state index >= 15 is 0 Å². The highest BCUT2D eigenvalue weighted by Gasteiger charge is 2.22. The molecule has 1 aliphatic carbocycles. The summed E-state index contributed by atoms with van der Waals surface area (Å²) in [7, 11) is 0. The summed E-state index contributed by atoms with van der Waals surface area (Å²) in [6.45, 7) is 1.97. The maximum atomic E-state index is 11.9. The first-order chi connectivity index (χ1) is 10.1. The molecule has 0 saturated heterocycles. The molecule has 3 N–H and O–H groups in total. The Labute approximate surface area is 123 Å². The van der Waals surface area contributed by atoms with Crippen molar-refractivity contribution >= 4 is 17.7 Å². The number of nitrogens with zero attached hydrogens (tertiary/aromatic N) is 2. The molecule has 1 aliphatic rings. The van der Waals surface area contributed by atoms with Gasteiger partial charge in [-0.25, -0.2) is 4.79 Å². The van der Waals surface area contributed by atoms with Crippen molar-refractivity contribution in [3.63, 3.8) is 0 Å². The lowest BCUT2D eigenvalue weighted by molar-refractivity contribution is -0.137. The zero-order valence-electron chi connectivity index (χ0n) is 12.2. The summed E-state index contributed by atoms with van der Waals surface area (Å²) in [5.41, 5.74) is 0.497. The van der Waals surface area contributed by atoms with E-state index in [-0.39, 0.29) is 18.6 Å². The fourth-order valence-corrected chi connectivity index (χ4v) is 2.80. The van der Waals surface area contributed by atoms with Crippen LogP contribution in [-0.2, 0) is 11.3 Å². The van der Waals surface area contributed by atoms with Crippen LogP contribution in [0.25, 0.3) is 0 Å². The monoisotopic (exact) mass is 294 g/mol. The number of hydrogen-bond acceptors (Lipinski definition) is 3. The van der Waals surface area contributed by atoms with E-state index in [1.54, 1.807) is 0 Å². The van der Waals surface area contributed by atoms with Crippen molar-refractivity contribution in [2.75, 3.05) is 5.32 Å². The third-order valence-electron chi connectivity index (χ3n) is 3.88. The van der Waals surface area contributed by atoms with E-state index in [4.69, 9.17) is 5.11 Å². The van der Waals surface area contributed by atoms with E-state index in [0.717, 1.165) is 25.7 Å². The maximum absolute atomic E-state index is 11.9. The molecule has 7 nitrogen and oxygen atoms in total. The van der Waals surface area contributed by atoms with Crippen LogP contribution in [0.5, 0.6) is 0 Å². The summed E-state index contributed by atoms with van der Waals surface area (Å²) in [4.78, 5) is 22.5. The van der Waals surface area contributed by atoms with Crippen molar-refractivity contribution in [1.29, 1.82) is 0 Å². The second-order valence-electron chi connectivity index (χ2n) is 5.56. The van der Waals surface area contributed by atoms with Crippen LogP contribution in [0.4, 0.5) is 10.5 Å². The van der Waals surface area contributed by atoms with Crippen molar-refractivity contribution in [1.82, 2.24) is 15.1 Å². The Balaban J connectivity index is 1.81. The van der Waals surface area contributed by atoms with E-state index in [1.807, 2.05) is 0 Å². The summed E-state index contributed by atoms with van der Waals surface area (Å²) in [5, 5.41) is 18.2. The molecule has 116 valence electrons. The van der Waals surface area contributed by atoms with Crippen LogP contribution >= 0.6 is 0 Å². The number of rotatable bonds is 5. The van der Waals surface area contributed by atoms with E-state index in [9.17, 15) is 9.59 Å². The molecule has 1 saturated carbocycles. The Bertz CT molecular complexity index is 500. The van der Waals surface area contributed by atoms with Crippen LogP contribution in [0, 0.1) is 5.92 Å². The number of nitrogens with one attached hydrogen (secondary N) is 2. The van der Waals surface area contributed by atoms with Crippen molar-refractivity contribution in [2.45, 2.75) is 51.6 Å². The van der Waals surface area contributed by atoms with Gasteiger partial charge in [0.15, 0.2) is 0 Å². The largest absolute Gasteiger partial charge is 0.480 e. The Hall–Kier alpha value is -2.05. The molecule has 7 heteroatoms. The number of carboxylic acids is 1. The van der Waals surface area contributed by atoms with Crippen molar-refractivity contribution in [3.8, 4) is 0 Å². The minimum absolute atomic E-state index is 0.218. The maximum Gasteiger partial charge on any atom is 0.325 e. The first-order valence-electron chi connectivity index (χ1n) is 7.38. The molecular weight excluding hydrogens is 272 g/mol. The lowest BCUT2D eigenvalue weighted by Gasteiger charge is -2.29. The van der Waals surface area contributed by atoms with Gasteiger partial charge in [0.25, 0.3) is 0 Å². The summed E-state index contributed by atoms with van der Waals surface area (Å²) in [6.07, 6.45) is 8.55. The van der Waals surface area contributed by atoms with Gasteiger partial charge in [-0.05, 0) is 18.8 Å². The van der Waals surface area contributed by atoms with Gasteiger partial charge in [0, 0.05) is 12.2 Å². The van der Waals surface area contributed by atoms with Gasteiger partial charge in [-0.15, -0.1) is 0 Å². The first kappa shape index (κ1) is 15.3. The number of amides is 2. The van der Waals surface area contributed by atoms with Crippen LogP contribution in [0.2, 0.25) is 0 Å². The highest BCUT2D eigenvalue weighted by molar-refractivity contribution is 5.89. The predicted molar refractivity (Wildman–Crippen MR) is 78.1 cm³/mol. The molecule has 0 bridgehead atoms. The van der Waals surface area contributed by atoms with Gasteiger partial charge in [0.1, 0.15) is 6.54 Å². The highest BCUT2D eigenvalue weighted by Crippen LogP contribution is 2.26. The van der Waals surface area contributed by atoms with Crippen LogP contribution < -0.4 is 10.6 Å². The van der Waals surface area contributed by atoms with Gasteiger partial charge in [0.05, 0.1) is 11.9 Å². The average molecular weight is 294 g/mol. The summed E-state index contributed by atoms with van der Waals surface area (Å²) in [6, 6.07) is -0.0376. The summed E-state index contributed by atoms with van der Waals surface area (Å²) in [5.74, 6) is -0.274. The summed E-state index contributed by atoms with van der Waals surface area (Å²) < 4.78 is 1.27. The average Bonchev–Trinajstić information content (AvgIpc) is 2.85. The van der Waals surface area contributed by atoms with Gasteiger partial charge in [0.2, 0.25) is 0 Å². The molecule has 1 aromatic rings. The van der Waals surface area contributed by atoms with E-state index in [2.05, 4.69) is 22.7 Å². The number of urea groups is 1. The second-order valence-corrected chi connectivity index (χ2v) is 5.56. The quantitative estimate of drug-likeness (QED) is 0.774. The predicted octanol–water partition coefficient (Wildman–Crippen LogP) is 2.06. The third-order valence-corrected chi connectivity index (χ3v) is 3.88. The number of aromatic nitrogens is 2. The molecule has 0 spiro atoms. The Morgan fingerprint density at radius 2 is 2.29 bits per heavy atom.